The van der Waals surface area contributed by atoms with Crippen molar-refractivity contribution in [3.05, 3.63) is 29.8 Å². The summed E-state index contributed by atoms with van der Waals surface area (Å²) in [5.74, 6) is 0. The highest BCUT2D eigenvalue weighted by Gasteiger charge is 2.18. The van der Waals surface area contributed by atoms with E-state index in [1.807, 2.05) is 0 Å². The third-order valence-corrected chi connectivity index (χ3v) is 4.23. The fraction of sp³-hybridized carbons (Fsp3) is 0.647. The van der Waals surface area contributed by atoms with Crippen molar-refractivity contribution in [3.8, 4) is 0 Å². The van der Waals surface area contributed by atoms with E-state index < -0.39 is 0 Å². The molecule has 1 saturated heterocycles. The maximum Gasteiger partial charge on any atom is 0.0415 e. The molecular formula is C17H29N3. The van der Waals surface area contributed by atoms with Crippen molar-refractivity contribution in [3.63, 3.8) is 0 Å². The van der Waals surface area contributed by atoms with Crippen molar-refractivity contribution >= 4 is 5.69 Å². The molecule has 0 aromatic heterocycles. The normalized spacial score (nSPS) is 18.9. The minimum Gasteiger partial charge on any atom is -0.370 e. The van der Waals surface area contributed by atoms with Gasteiger partial charge in [0.05, 0.1) is 0 Å². The van der Waals surface area contributed by atoms with Crippen LogP contribution in [0.1, 0.15) is 38.3 Å². The molecule has 0 radical (unpaired) electrons. The zero-order valence-corrected chi connectivity index (χ0v) is 13.2. The van der Waals surface area contributed by atoms with Crippen LogP contribution in [0, 0.1) is 0 Å². The number of nitrogens with one attached hydrogen (secondary N) is 1. The van der Waals surface area contributed by atoms with Gasteiger partial charge in [0.15, 0.2) is 0 Å². The summed E-state index contributed by atoms with van der Waals surface area (Å²) >= 11 is 0. The van der Waals surface area contributed by atoms with Gasteiger partial charge in [0.1, 0.15) is 0 Å². The van der Waals surface area contributed by atoms with Crippen LogP contribution in [-0.2, 0) is 0 Å². The van der Waals surface area contributed by atoms with Crippen LogP contribution in [0.25, 0.3) is 0 Å². The molecule has 1 unspecified atom stereocenters. The van der Waals surface area contributed by atoms with Crippen LogP contribution in [-0.4, -0.2) is 44.7 Å². The van der Waals surface area contributed by atoms with Gasteiger partial charge in [0, 0.05) is 31.4 Å². The van der Waals surface area contributed by atoms with Crippen LogP contribution in [0.4, 0.5) is 5.69 Å². The Morgan fingerprint density at radius 3 is 2.65 bits per heavy atom. The molecule has 20 heavy (non-hydrogen) atoms. The highest BCUT2D eigenvalue weighted by atomic mass is 15.2. The second kappa shape index (κ2) is 7.65. The molecule has 0 spiro atoms. The van der Waals surface area contributed by atoms with Gasteiger partial charge in [-0.3, -0.25) is 0 Å². The molecule has 1 aliphatic rings. The second-order valence-corrected chi connectivity index (χ2v) is 5.72. The Morgan fingerprint density at radius 2 is 1.90 bits per heavy atom. The first-order chi connectivity index (χ1) is 9.76. The zero-order chi connectivity index (χ0) is 14.4. The molecule has 112 valence electrons. The molecule has 1 heterocycles. The smallest absolute Gasteiger partial charge is 0.0415 e. The molecule has 1 aromatic carbocycles. The van der Waals surface area contributed by atoms with Gasteiger partial charge in [0.25, 0.3) is 0 Å². The van der Waals surface area contributed by atoms with E-state index in [2.05, 4.69) is 60.3 Å². The quantitative estimate of drug-likeness (QED) is 0.891. The molecule has 1 fully saturated rings. The Hall–Kier alpha value is -1.06. The lowest BCUT2D eigenvalue weighted by molar-refractivity contribution is 0.360. The summed E-state index contributed by atoms with van der Waals surface area (Å²) in [5, 5.41) is 3.62. The first-order valence-electron chi connectivity index (χ1n) is 8.02. The molecule has 0 bridgehead atoms. The van der Waals surface area contributed by atoms with E-state index in [1.54, 1.807) is 0 Å². The number of benzene rings is 1. The predicted molar refractivity (Wildman–Crippen MR) is 87.5 cm³/mol. The molecule has 0 amide bonds. The number of likely N-dealkylation sites (N-methyl/N-ethyl adjacent to an activating group) is 1. The Bertz CT molecular complexity index is 405. The first kappa shape index (κ1) is 15.3. The number of hydrogen-bond acceptors (Lipinski definition) is 3. The number of anilines is 1. The Labute approximate surface area is 124 Å². The molecule has 0 saturated carbocycles. The summed E-state index contributed by atoms with van der Waals surface area (Å²) in [6.07, 6.45) is 2.39. The van der Waals surface area contributed by atoms with E-state index in [4.69, 9.17) is 0 Å². The monoisotopic (exact) mass is 275 g/mol. The van der Waals surface area contributed by atoms with Crippen molar-refractivity contribution in [2.24, 2.45) is 0 Å². The van der Waals surface area contributed by atoms with E-state index in [1.165, 1.54) is 30.8 Å². The van der Waals surface area contributed by atoms with Crippen molar-refractivity contribution in [1.82, 2.24) is 10.2 Å². The number of nitrogens with zero attached hydrogens (tertiary/aromatic N) is 2. The molecule has 1 aromatic rings. The predicted octanol–water partition coefficient (Wildman–Crippen LogP) is 2.89. The molecule has 1 N–H and O–H groups in total. The summed E-state index contributed by atoms with van der Waals surface area (Å²) in [7, 11) is 2.23. The van der Waals surface area contributed by atoms with Gasteiger partial charge < -0.3 is 15.1 Å². The van der Waals surface area contributed by atoms with Crippen LogP contribution in [0.15, 0.2) is 24.3 Å². The number of rotatable bonds is 5. The van der Waals surface area contributed by atoms with Gasteiger partial charge in [-0.25, -0.2) is 0 Å². The molecular weight excluding hydrogens is 246 g/mol. The lowest BCUT2D eigenvalue weighted by atomic mass is 10.0. The van der Waals surface area contributed by atoms with Crippen LogP contribution in [0.2, 0.25) is 0 Å². The lowest BCUT2D eigenvalue weighted by Crippen LogP contribution is -2.31. The van der Waals surface area contributed by atoms with Crippen LogP contribution in [0.5, 0.6) is 0 Å². The second-order valence-electron chi connectivity index (χ2n) is 5.72. The first-order valence-corrected chi connectivity index (χ1v) is 8.02. The Morgan fingerprint density at radius 1 is 1.10 bits per heavy atom. The number of hydrogen-bond donors (Lipinski definition) is 1. The third kappa shape index (κ3) is 3.74. The molecule has 3 heteroatoms. The largest absolute Gasteiger partial charge is 0.370 e. The van der Waals surface area contributed by atoms with Crippen molar-refractivity contribution in [1.29, 1.82) is 0 Å². The standard InChI is InChI=1S/C17H29N3/c1-4-16(18-5-2)15-9-6-7-10-17(15)20-12-8-11-19(3)13-14-20/h6-7,9-10,16,18H,4-5,8,11-14H2,1-3H3. The van der Waals surface area contributed by atoms with Crippen LogP contribution in [0.3, 0.4) is 0 Å². The zero-order valence-electron chi connectivity index (χ0n) is 13.2. The summed E-state index contributed by atoms with van der Waals surface area (Å²) in [5.41, 5.74) is 2.89. The molecule has 0 aliphatic carbocycles. The fourth-order valence-corrected chi connectivity index (χ4v) is 3.08. The van der Waals surface area contributed by atoms with Gasteiger partial charge in [0.2, 0.25) is 0 Å². The maximum atomic E-state index is 3.62. The summed E-state index contributed by atoms with van der Waals surface area (Å²) < 4.78 is 0. The van der Waals surface area contributed by atoms with Gasteiger partial charge in [-0.05, 0) is 44.6 Å². The van der Waals surface area contributed by atoms with Gasteiger partial charge in [-0.15, -0.1) is 0 Å². The van der Waals surface area contributed by atoms with Crippen molar-refractivity contribution < 1.29 is 0 Å². The van der Waals surface area contributed by atoms with Crippen molar-refractivity contribution in [2.45, 2.75) is 32.7 Å². The highest BCUT2D eigenvalue weighted by molar-refractivity contribution is 5.55. The summed E-state index contributed by atoms with van der Waals surface area (Å²) in [6.45, 7) is 10.2. The number of para-hydroxylation sites is 1. The fourth-order valence-electron chi connectivity index (χ4n) is 3.08. The minimum atomic E-state index is 0.470. The highest BCUT2D eigenvalue weighted by Crippen LogP contribution is 2.28. The van der Waals surface area contributed by atoms with Crippen molar-refractivity contribution in [2.75, 3.05) is 44.7 Å². The average molecular weight is 275 g/mol. The molecule has 1 aliphatic heterocycles. The van der Waals surface area contributed by atoms with Gasteiger partial charge in [-0.1, -0.05) is 32.0 Å². The molecule has 2 rings (SSSR count). The van der Waals surface area contributed by atoms with E-state index in [-0.39, 0.29) is 0 Å². The van der Waals surface area contributed by atoms with E-state index in [9.17, 15) is 0 Å². The SMILES string of the molecule is CCNC(CC)c1ccccc1N1CCCN(C)CC1. The molecule has 1 atom stereocenters. The van der Waals surface area contributed by atoms with Gasteiger partial charge in [-0.2, -0.15) is 0 Å². The van der Waals surface area contributed by atoms with E-state index in [0.717, 1.165) is 26.1 Å². The summed E-state index contributed by atoms with van der Waals surface area (Å²) in [4.78, 5) is 5.00. The maximum absolute atomic E-state index is 3.62. The third-order valence-electron chi connectivity index (χ3n) is 4.23. The van der Waals surface area contributed by atoms with Crippen LogP contribution >= 0.6 is 0 Å². The minimum absolute atomic E-state index is 0.470. The van der Waals surface area contributed by atoms with E-state index >= 15 is 0 Å². The Kier molecular flexibility index (Phi) is 5.86. The lowest BCUT2D eigenvalue weighted by Gasteiger charge is -2.28. The van der Waals surface area contributed by atoms with Gasteiger partial charge >= 0.3 is 0 Å². The molecule has 3 nitrogen and oxygen atoms in total. The van der Waals surface area contributed by atoms with Crippen LogP contribution < -0.4 is 10.2 Å². The topological polar surface area (TPSA) is 18.5 Å². The van der Waals surface area contributed by atoms with E-state index in [0.29, 0.717) is 6.04 Å². The average Bonchev–Trinajstić information content (AvgIpc) is 2.69. The Balaban J connectivity index is 2.22. The summed E-state index contributed by atoms with van der Waals surface area (Å²) in [6, 6.07) is 9.40.